The van der Waals surface area contributed by atoms with Gasteiger partial charge in [0, 0.05) is 27.8 Å². The summed E-state index contributed by atoms with van der Waals surface area (Å²) in [6.45, 7) is 0. The fourth-order valence-corrected chi connectivity index (χ4v) is 9.24. The number of rotatable bonds is 6. The Morgan fingerprint density at radius 3 is 1.55 bits per heavy atom. The minimum atomic E-state index is 0.901. The third-order valence-electron chi connectivity index (χ3n) is 12.2. The summed E-state index contributed by atoms with van der Waals surface area (Å²) < 4.78 is 6.54. The summed E-state index contributed by atoms with van der Waals surface area (Å²) in [6.07, 6.45) is 0. The Morgan fingerprint density at radius 1 is 0.267 bits per heavy atom. The Bertz CT molecular complexity index is 3580. The van der Waals surface area contributed by atoms with Gasteiger partial charge in [-0.25, -0.2) is 0 Å². The maximum absolute atomic E-state index is 6.54. The van der Waals surface area contributed by atoms with Crippen molar-refractivity contribution in [1.82, 2.24) is 0 Å². The van der Waals surface area contributed by atoms with Gasteiger partial charge in [-0.2, -0.15) is 0 Å². The molecule has 0 saturated carbocycles. The van der Waals surface area contributed by atoms with Gasteiger partial charge in [0.15, 0.2) is 0 Å². The molecule has 2 nitrogen and oxygen atoms in total. The fourth-order valence-electron chi connectivity index (χ4n) is 9.24. The van der Waals surface area contributed by atoms with Gasteiger partial charge < -0.3 is 9.32 Å². The van der Waals surface area contributed by atoms with Crippen LogP contribution in [0, 0.1) is 0 Å². The molecule has 12 aromatic rings. The number of furan rings is 1. The minimum Gasteiger partial charge on any atom is -0.456 e. The van der Waals surface area contributed by atoms with E-state index in [1.54, 1.807) is 0 Å². The Hall–Kier alpha value is -7.94. The van der Waals surface area contributed by atoms with Crippen LogP contribution in [0.4, 0.5) is 17.1 Å². The summed E-state index contributed by atoms with van der Waals surface area (Å²) >= 11 is 0. The van der Waals surface area contributed by atoms with E-state index in [0.29, 0.717) is 0 Å². The van der Waals surface area contributed by atoms with E-state index < -0.39 is 0 Å². The van der Waals surface area contributed by atoms with Crippen LogP contribution in [0.25, 0.3) is 98.4 Å². The van der Waals surface area contributed by atoms with Crippen LogP contribution < -0.4 is 4.90 Å². The molecule has 0 radical (unpaired) electrons. The van der Waals surface area contributed by atoms with Gasteiger partial charge in [0.1, 0.15) is 11.2 Å². The van der Waals surface area contributed by atoms with Gasteiger partial charge in [-0.05, 0) is 143 Å². The first kappa shape index (κ1) is 34.1. The largest absolute Gasteiger partial charge is 0.456 e. The molecular weight excluding hydrogens is 727 g/mol. The van der Waals surface area contributed by atoms with Crippen LogP contribution in [-0.4, -0.2) is 0 Å². The van der Waals surface area contributed by atoms with Gasteiger partial charge >= 0.3 is 0 Å². The van der Waals surface area contributed by atoms with E-state index in [2.05, 4.69) is 223 Å². The summed E-state index contributed by atoms with van der Waals surface area (Å²) in [7, 11) is 0. The highest BCUT2D eigenvalue weighted by molar-refractivity contribution is 6.23. The van der Waals surface area contributed by atoms with Crippen LogP contribution in [0.3, 0.4) is 0 Å². The number of nitrogens with zero attached hydrogens (tertiary/aromatic N) is 1. The van der Waals surface area contributed by atoms with E-state index >= 15 is 0 Å². The zero-order chi connectivity index (χ0) is 39.6. The summed E-state index contributed by atoms with van der Waals surface area (Å²) in [4.78, 5) is 2.33. The second kappa shape index (κ2) is 13.9. The molecule has 60 heavy (non-hydrogen) atoms. The maximum atomic E-state index is 6.54. The average Bonchev–Trinajstić information content (AvgIpc) is 3.70. The minimum absolute atomic E-state index is 0.901. The Labute approximate surface area is 347 Å². The molecule has 0 amide bonds. The molecule has 2 heteroatoms. The highest BCUT2D eigenvalue weighted by Gasteiger charge is 2.18. The molecular formula is C58H37NO. The summed E-state index contributed by atoms with van der Waals surface area (Å²) in [5.74, 6) is 0. The van der Waals surface area contributed by atoms with Gasteiger partial charge in [-0.1, -0.05) is 158 Å². The number of hydrogen-bond acceptors (Lipinski definition) is 2. The van der Waals surface area contributed by atoms with Crippen molar-refractivity contribution in [3.8, 4) is 33.4 Å². The second-order valence-electron chi connectivity index (χ2n) is 15.7. The molecule has 12 rings (SSSR count). The molecule has 0 aliphatic heterocycles. The van der Waals surface area contributed by atoms with Crippen molar-refractivity contribution in [2.75, 3.05) is 4.90 Å². The summed E-state index contributed by atoms with van der Waals surface area (Å²) in [5.41, 5.74) is 12.2. The lowest BCUT2D eigenvalue weighted by Crippen LogP contribution is -2.09. The monoisotopic (exact) mass is 763 g/mol. The van der Waals surface area contributed by atoms with Crippen molar-refractivity contribution < 1.29 is 4.42 Å². The van der Waals surface area contributed by atoms with Crippen molar-refractivity contribution in [3.05, 3.63) is 224 Å². The lowest BCUT2D eigenvalue weighted by molar-refractivity contribution is 0.669. The summed E-state index contributed by atoms with van der Waals surface area (Å²) in [6, 6.07) is 81.2. The molecule has 0 atom stereocenters. The molecule has 280 valence electrons. The van der Waals surface area contributed by atoms with Gasteiger partial charge in [-0.15, -0.1) is 0 Å². The predicted molar refractivity (Wildman–Crippen MR) is 255 cm³/mol. The van der Waals surface area contributed by atoms with Crippen molar-refractivity contribution in [1.29, 1.82) is 0 Å². The molecule has 0 bridgehead atoms. The average molecular weight is 764 g/mol. The number of benzene rings is 11. The molecule has 0 saturated heterocycles. The van der Waals surface area contributed by atoms with E-state index in [-0.39, 0.29) is 0 Å². The second-order valence-corrected chi connectivity index (χ2v) is 15.7. The normalized spacial score (nSPS) is 11.7. The van der Waals surface area contributed by atoms with E-state index in [4.69, 9.17) is 4.42 Å². The first-order valence-corrected chi connectivity index (χ1v) is 20.6. The number of fused-ring (bicyclic) bond motifs is 9. The maximum Gasteiger partial charge on any atom is 0.136 e. The Kier molecular flexibility index (Phi) is 7.89. The van der Waals surface area contributed by atoms with E-state index in [0.717, 1.165) is 50.1 Å². The first-order valence-electron chi connectivity index (χ1n) is 20.6. The van der Waals surface area contributed by atoms with Gasteiger partial charge in [-0.3, -0.25) is 0 Å². The van der Waals surface area contributed by atoms with Crippen molar-refractivity contribution in [2.45, 2.75) is 0 Å². The molecule has 0 unspecified atom stereocenters. The quantitative estimate of drug-likeness (QED) is 0.157. The molecule has 0 aliphatic carbocycles. The Balaban J connectivity index is 0.925. The molecule has 0 aliphatic rings. The van der Waals surface area contributed by atoms with Crippen LogP contribution in [-0.2, 0) is 0 Å². The lowest BCUT2D eigenvalue weighted by atomic mass is 9.91. The third kappa shape index (κ3) is 5.73. The van der Waals surface area contributed by atoms with E-state index in [1.807, 2.05) is 6.07 Å². The molecule has 0 fully saturated rings. The number of anilines is 3. The lowest BCUT2D eigenvalue weighted by Gasteiger charge is -2.26. The van der Waals surface area contributed by atoms with Gasteiger partial charge in [0.05, 0.1) is 0 Å². The number of para-hydroxylation sites is 2. The topological polar surface area (TPSA) is 16.4 Å². The van der Waals surface area contributed by atoms with E-state index in [9.17, 15) is 0 Å². The zero-order valence-corrected chi connectivity index (χ0v) is 32.7. The van der Waals surface area contributed by atoms with Crippen molar-refractivity contribution in [2.24, 2.45) is 0 Å². The molecule has 0 spiro atoms. The van der Waals surface area contributed by atoms with Gasteiger partial charge in [0.25, 0.3) is 0 Å². The highest BCUT2D eigenvalue weighted by Crippen LogP contribution is 2.43. The van der Waals surface area contributed by atoms with Gasteiger partial charge in [0.2, 0.25) is 0 Å². The highest BCUT2D eigenvalue weighted by atomic mass is 16.3. The molecule has 0 N–H and O–H groups in total. The zero-order valence-electron chi connectivity index (χ0n) is 32.7. The smallest absolute Gasteiger partial charge is 0.136 e. The van der Waals surface area contributed by atoms with Crippen LogP contribution in [0.1, 0.15) is 0 Å². The fraction of sp³-hybridized carbons (Fsp3) is 0. The van der Waals surface area contributed by atoms with Crippen LogP contribution >= 0.6 is 0 Å². The molecule has 1 aromatic heterocycles. The molecule has 1 heterocycles. The third-order valence-corrected chi connectivity index (χ3v) is 12.2. The SMILES string of the molecule is c1ccc(N(c2ccc(-c3ccc4c(ccc5ccccc54)c3)cc2)c2ccc(-c3ccc4c(-c5ccc6ccccc6c5)cc5oc6ccccc6c5c4c3)cc2)cc1. The molecule has 11 aromatic carbocycles. The van der Waals surface area contributed by atoms with Crippen molar-refractivity contribution >= 4 is 82.1 Å². The Morgan fingerprint density at radius 2 is 0.783 bits per heavy atom. The van der Waals surface area contributed by atoms with Crippen LogP contribution in [0.2, 0.25) is 0 Å². The number of hydrogen-bond donors (Lipinski definition) is 0. The predicted octanol–water partition coefficient (Wildman–Crippen LogP) is 16.7. The van der Waals surface area contributed by atoms with E-state index in [1.165, 1.54) is 65.3 Å². The summed E-state index contributed by atoms with van der Waals surface area (Å²) in [5, 5.41) is 12.2. The standard InChI is InChI=1S/C58H37NO/c1-2-13-47(14-3-1)59(48-28-22-39(23-29-48)43-26-32-51-45(35-43)21-19-41-11-6-7-15-50(41)51)49-30-24-40(25-31-49)44-27-33-52-54(46-20-18-38-10-4-5-12-42(38)34-46)37-57-58(55(52)36-44)53-16-8-9-17-56(53)60-57/h1-37H. The van der Waals surface area contributed by atoms with Crippen molar-refractivity contribution in [3.63, 3.8) is 0 Å². The first-order chi connectivity index (χ1) is 29.7. The van der Waals surface area contributed by atoms with Crippen LogP contribution in [0.15, 0.2) is 229 Å². The van der Waals surface area contributed by atoms with Crippen LogP contribution in [0.5, 0.6) is 0 Å².